The second kappa shape index (κ2) is 23.4. The summed E-state index contributed by atoms with van der Waals surface area (Å²) >= 11 is 0. The predicted octanol–water partition coefficient (Wildman–Crippen LogP) is 16.9. The van der Waals surface area contributed by atoms with E-state index in [0.29, 0.717) is 43.1 Å². The van der Waals surface area contributed by atoms with Crippen LogP contribution in [0.2, 0.25) is 0 Å². The normalized spacial score (nSPS) is 12.7. The summed E-state index contributed by atoms with van der Waals surface area (Å²) in [4.78, 5) is 68.0. The van der Waals surface area contributed by atoms with Crippen molar-refractivity contribution in [2.24, 2.45) is 0 Å². The molecule has 2 N–H and O–H groups in total. The molecule has 16 heteroatoms. The fourth-order valence-electron chi connectivity index (χ4n) is 13.2. The molecule has 0 unspecified atom stereocenters. The lowest BCUT2D eigenvalue weighted by atomic mass is 9.81. The van der Waals surface area contributed by atoms with E-state index in [1.165, 1.54) is 52.7 Å². The lowest BCUT2D eigenvalue weighted by Crippen LogP contribution is -2.40. The van der Waals surface area contributed by atoms with E-state index in [0.717, 1.165) is 55.1 Å². The van der Waals surface area contributed by atoms with Gasteiger partial charge >= 0.3 is 0 Å². The number of ether oxygens (including phenoxy) is 6. The van der Waals surface area contributed by atoms with Gasteiger partial charge in [0.1, 0.15) is 24.7 Å². The van der Waals surface area contributed by atoms with Gasteiger partial charge in [-0.25, -0.2) is 9.80 Å². The maximum Gasteiger partial charge on any atom is 0.266 e. The molecule has 0 atom stereocenters. The van der Waals surface area contributed by atoms with E-state index in [1.54, 1.807) is 36.4 Å². The molecule has 4 amide bonds. The Labute approximate surface area is 538 Å². The maximum absolute atomic E-state index is 15.6. The van der Waals surface area contributed by atoms with E-state index < -0.39 is 23.6 Å². The molecular formula is C78H56N4O12. The van der Waals surface area contributed by atoms with Crippen LogP contribution in [0.3, 0.4) is 0 Å². The third-order valence-electron chi connectivity index (χ3n) is 17.4. The number of hydrogen-bond acceptors (Lipinski definition) is 14. The van der Waals surface area contributed by atoms with Gasteiger partial charge in [-0.3, -0.25) is 19.2 Å². The second-order valence-electron chi connectivity index (χ2n) is 22.6. The molecule has 0 radical (unpaired) electrons. The number of hydrogen-bond donors (Lipinski definition) is 2. The van der Waals surface area contributed by atoms with E-state index in [1.807, 2.05) is 170 Å². The lowest BCUT2D eigenvalue weighted by Gasteiger charge is -2.31. The van der Waals surface area contributed by atoms with Crippen molar-refractivity contribution in [3.63, 3.8) is 0 Å². The Kier molecular flexibility index (Phi) is 14.4. The minimum absolute atomic E-state index is 0.00411. The van der Waals surface area contributed by atoms with Crippen molar-refractivity contribution in [2.45, 2.75) is 13.2 Å². The van der Waals surface area contributed by atoms with Crippen LogP contribution in [0.5, 0.6) is 46.0 Å². The van der Waals surface area contributed by atoms with Crippen molar-refractivity contribution in [3.05, 3.63) is 264 Å². The highest BCUT2D eigenvalue weighted by molar-refractivity contribution is 6.46. The Morgan fingerprint density at radius 3 is 0.957 bits per heavy atom. The highest BCUT2D eigenvalue weighted by Crippen LogP contribution is 2.54. The van der Waals surface area contributed by atoms with Crippen molar-refractivity contribution < 1.29 is 57.8 Å². The van der Waals surface area contributed by atoms with Crippen molar-refractivity contribution >= 4 is 112 Å². The number of methoxy groups -OCH3 is 4. The van der Waals surface area contributed by atoms with Crippen molar-refractivity contribution in [1.29, 1.82) is 0 Å². The molecule has 0 aromatic heterocycles. The summed E-state index contributed by atoms with van der Waals surface area (Å²) in [6, 6.07) is 71.8. The van der Waals surface area contributed by atoms with Crippen LogP contribution < -0.4 is 48.0 Å². The van der Waals surface area contributed by atoms with Crippen LogP contribution in [-0.4, -0.2) is 62.3 Å². The van der Waals surface area contributed by atoms with Gasteiger partial charge in [-0.1, -0.05) is 109 Å². The zero-order valence-corrected chi connectivity index (χ0v) is 51.1. The smallest absolute Gasteiger partial charge is 0.266 e. The number of para-hydroxylation sites is 4. The molecule has 94 heavy (non-hydrogen) atoms. The number of carbonyl (C=O) groups is 4. The molecule has 0 aliphatic carbocycles. The Morgan fingerprint density at radius 1 is 0.319 bits per heavy atom. The predicted molar refractivity (Wildman–Crippen MR) is 363 cm³/mol. The summed E-state index contributed by atoms with van der Waals surface area (Å²) in [6.45, 7) is 0.00822. The molecule has 13 aromatic rings. The minimum Gasteiger partial charge on any atom is -0.504 e. The summed E-state index contributed by atoms with van der Waals surface area (Å²) in [5.74, 6) is -2.79. The zero-order chi connectivity index (χ0) is 64.5. The molecule has 0 saturated heterocycles. The Hall–Kier alpha value is -12.6. The summed E-state index contributed by atoms with van der Waals surface area (Å²) < 4.78 is 36.1. The standard InChI is InChI=1S/C78H56N4O12/c1-89-65-39-53(37-61(83)73(65)91-3)81-75(85)57-35-33-55-70-64(94-44-46-27-31-52(32-28-46)80(49-21-13-7-14-22-49)50-23-15-8-16-24-50)42-60-68-58(76(86)82(78(60)88)54-38-62(84)74(92-4)66(40-54)90-2)36-34-56(72(68)70)69-63(41-59(77(81)87)67(57)71(55)69)93-43-45-25-29-51(30-26-45)79(47-17-9-5-10-18-47)48-19-11-6-12-20-48/h5-42,83-84H,43-44H2,1-4H3. The number of amides is 4. The van der Waals surface area contributed by atoms with Crippen LogP contribution >= 0.6 is 0 Å². The molecule has 15 rings (SSSR count). The fraction of sp³-hybridized carbons (Fsp3) is 0.0769. The molecule has 13 aromatic carbocycles. The molecule has 0 bridgehead atoms. The van der Waals surface area contributed by atoms with Crippen molar-refractivity contribution in [1.82, 2.24) is 0 Å². The Balaban J connectivity index is 0.926. The van der Waals surface area contributed by atoms with Gasteiger partial charge in [0.2, 0.25) is 11.5 Å². The SMILES string of the molecule is COc1cc(N2C(=O)c3ccc4c5c(OCc6ccc(N(c7ccccc7)c7ccccc7)cc6)cc6c7c(ccc(c8c(OCc9ccc(N(c%10ccccc%10)c%10ccccc%10)cc9)cc(c3c48)C2=O)c75)C(=O)N(c2cc(O)c(OC)c(OC)c2)C6=O)cc(O)c1OC. The van der Waals surface area contributed by atoms with Crippen molar-refractivity contribution in [2.75, 3.05) is 48.0 Å². The first kappa shape index (κ1) is 57.9. The fourth-order valence-corrected chi connectivity index (χ4v) is 13.2. The van der Waals surface area contributed by atoms with E-state index in [4.69, 9.17) is 28.4 Å². The van der Waals surface area contributed by atoms with E-state index in [9.17, 15) is 10.2 Å². The third kappa shape index (κ3) is 9.45. The van der Waals surface area contributed by atoms with E-state index >= 15 is 19.2 Å². The first-order chi connectivity index (χ1) is 46.0. The van der Waals surface area contributed by atoms with Gasteiger partial charge < -0.3 is 48.4 Å². The second-order valence-corrected chi connectivity index (χ2v) is 22.6. The van der Waals surface area contributed by atoms with Crippen LogP contribution in [0.4, 0.5) is 45.5 Å². The molecule has 16 nitrogen and oxygen atoms in total. The number of benzene rings is 13. The number of nitrogens with zero attached hydrogens (tertiary/aromatic N) is 4. The van der Waals surface area contributed by atoms with Gasteiger partial charge in [-0.2, -0.15) is 0 Å². The first-order valence-corrected chi connectivity index (χ1v) is 30.2. The van der Waals surface area contributed by atoms with Gasteiger partial charge in [-0.15, -0.1) is 0 Å². The highest BCUT2D eigenvalue weighted by Gasteiger charge is 2.41. The molecule has 0 fully saturated rings. The summed E-state index contributed by atoms with van der Waals surface area (Å²) in [7, 11) is 5.51. The number of anilines is 8. The Morgan fingerprint density at radius 2 is 0.638 bits per heavy atom. The van der Waals surface area contributed by atoms with Gasteiger partial charge in [-0.05, 0) is 119 Å². The average Bonchev–Trinajstić information content (AvgIpc) is 0.681. The van der Waals surface area contributed by atoms with Gasteiger partial charge in [0.15, 0.2) is 23.0 Å². The summed E-state index contributed by atoms with van der Waals surface area (Å²) in [5, 5.41) is 26.2. The molecule has 0 saturated carbocycles. The highest BCUT2D eigenvalue weighted by atomic mass is 16.5. The third-order valence-corrected chi connectivity index (χ3v) is 17.4. The molecular weight excluding hydrogens is 1180 g/mol. The first-order valence-electron chi connectivity index (χ1n) is 30.2. The maximum atomic E-state index is 15.6. The molecule has 2 aliphatic rings. The van der Waals surface area contributed by atoms with Crippen LogP contribution in [-0.2, 0) is 13.2 Å². The number of phenolic OH excluding ortho intramolecular Hbond substituents is 2. The van der Waals surface area contributed by atoms with E-state index in [2.05, 4.69) is 9.80 Å². The van der Waals surface area contributed by atoms with Gasteiger partial charge in [0.05, 0.1) is 50.9 Å². The van der Waals surface area contributed by atoms with E-state index in [-0.39, 0.29) is 92.8 Å². The minimum atomic E-state index is -0.713. The largest absolute Gasteiger partial charge is 0.504 e. The topological polar surface area (TPSA) is 177 Å². The summed E-state index contributed by atoms with van der Waals surface area (Å²) in [5.41, 5.74) is 7.85. The average molecular weight is 1240 g/mol. The van der Waals surface area contributed by atoms with Gasteiger partial charge in [0.25, 0.3) is 23.6 Å². The number of fused-ring (bicyclic) bond motifs is 2. The molecule has 2 aliphatic heterocycles. The van der Waals surface area contributed by atoms with Crippen LogP contribution in [0.15, 0.2) is 231 Å². The quantitative estimate of drug-likeness (QED) is 0.0471. The van der Waals surface area contributed by atoms with Crippen LogP contribution in [0.1, 0.15) is 52.6 Å². The summed E-state index contributed by atoms with van der Waals surface area (Å²) in [6.07, 6.45) is 0. The number of phenols is 2. The number of aromatic hydroxyl groups is 2. The number of rotatable bonds is 18. The monoisotopic (exact) mass is 1240 g/mol. The van der Waals surface area contributed by atoms with Crippen LogP contribution in [0.25, 0.3) is 43.1 Å². The number of carbonyl (C=O) groups excluding carboxylic acids is 4. The zero-order valence-electron chi connectivity index (χ0n) is 51.1. The number of imide groups is 2. The lowest BCUT2D eigenvalue weighted by molar-refractivity contribution is 0.0877. The Bertz CT molecular complexity index is 4780. The molecule has 0 spiro atoms. The molecule has 2 heterocycles. The van der Waals surface area contributed by atoms with Crippen LogP contribution in [0, 0.1) is 0 Å². The van der Waals surface area contributed by atoms with Crippen molar-refractivity contribution in [3.8, 4) is 46.0 Å². The van der Waals surface area contributed by atoms with Gasteiger partial charge in [0, 0.05) is 102 Å². The molecule has 460 valence electrons.